The molecule has 0 saturated carbocycles. The molecule has 4 heteroatoms. The standard InChI is InChI=1S/C14H12BrN3/c15-12-4-5-13(17)14(7-12)18-9-11-3-1-2-10(6-11)8-16/h1-7,18H,9,17H2. The summed E-state index contributed by atoms with van der Waals surface area (Å²) in [5.74, 6) is 0. The first-order chi connectivity index (χ1) is 8.69. The molecule has 2 aromatic carbocycles. The normalized spacial score (nSPS) is 9.78. The Hall–Kier alpha value is -1.99. The molecule has 0 heterocycles. The highest BCUT2D eigenvalue weighted by Crippen LogP contribution is 2.23. The van der Waals surface area contributed by atoms with Gasteiger partial charge < -0.3 is 11.1 Å². The molecule has 90 valence electrons. The minimum Gasteiger partial charge on any atom is -0.397 e. The van der Waals surface area contributed by atoms with E-state index in [4.69, 9.17) is 11.0 Å². The predicted molar refractivity (Wildman–Crippen MR) is 77.0 cm³/mol. The van der Waals surface area contributed by atoms with Crippen molar-refractivity contribution in [3.8, 4) is 6.07 Å². The molecular weight excluding hydrogens is 290 g/mol. The number of halogens is 1. The van der Waals surface area contributed by atoms with Crippen molar-refractivity contribution in [2.45, 2.75) is 6.54 Å². The first kappa shape index (κ1) is 12.5. The van der Waals surface area contributed by atoms with Crippen molar-refractivity contribution in [3.63, 3.8) is 0 Å². The van der Waals surface area contributed by atoms with E-state index in [0.717, 1.165) is 15.7 Å². The van der Waals surface area contributed by atoms with E-state index >= 15 is 0 Å². The van der Waals surface area contributed by atoms with Gasteiger partial charge in [-0.1, -0.05) is 28.1 Å². The van der Waals surface area contributed by atoms with E-state index in [1.54, 1.807) is 6.07 Å². The fourth-order valence-corrected chi connectivity index (χ4v) is 1.99. The monoisotopic (exact) mass is 301 g/mol. The maximum atomic E-state index is 8.83. The van der Waals surface area contributed by atoms with Crippen LogP contribution in [-0.2, 0) is 6.54 Å². The van der Waals surface area contributed by atoms with Crippen molar-refractivity contribution in [1.82, 2.24) is 0 Å². The summed E-state index contributed by atoms with van der Waals surface area (Å²) < 4.78 is 0.977. The quantitative estimate of drug-likeness (QED) is 0.853. The van der Waals surface area contributed by atoms with Crippen LogP contribution in [0.3, 0.4) is 0 Å². The van der Waals surface area contributed by atoms with Gasteiger partial charge in [0.15, 0.2) is 0 Å². The van der Waals surface area contributed by atoms with Crippen molar-refractivity contribution in [2.75, 3.05) is 11.1 Å². The second-order valence-corrected chi connectivity index (χ2v) is 4.81. The van der Waals surface area contributed by atoms with E-state index in [0.29, 0.717) is 17.8 Å². The van der Waals surface area contributed by atoms with Crippen LogP contribution < -0.4 is 11.1 Å². The van der Waals surface area contributed by atoms with Gasteiger partial charge in [-0.3, -0.25) is 0 Å². The maximum Gasteiger partial charge on any atom is 0.0991 e. The molecule has 0 radical (unpaired) electrons. The van der Waals surface area contributed by atoms with Gasteiger partial charge in [0.1, 0.15) is 0 Å². The number of hydrogen-bond donors (Lipinski definition) is 2. The maximum absolute atomic E-state index is 8.83. The smallest absolute Gasteiger partial charge is 0.0991 e. The number of hydrogen-bond acceptors (Lipinski definition) is 3. The van der Waals surface area contributed by atoms with Gasteiger partial charge in [0.25, 0.3) is 0 Å². The van der Waals surface area contributed by atoms with Crippen molar-refractivity contribution in [3.05, 3.63) is 58.1 Å². The van der Waals surface area contributed by atoms with Gasteiger partial charge in [-0.25, -0.2) is 0 Å². The zero-order valence-corrected chi connectivity index (χ0v) is 11.2. The van der Waals surface area contributed by atoms with Gasteiger partial charge in [0.05, 0.1) is 23.0 Å². The first-order valence-electron chi connectivity index (χ1n) is 5.47. The van der Waals surface area contributed by atoms with Gasteiger partial charge in [-0.05, 0) is 35.9 Å². The Morgan fingerprint density at radius 1 is 1.22 bits per heavy atom. The Bertz CT molecular complexity index is 602. The minimum absolute atomic E-state index is 0.635. The Labute approximate surface area is 114 Å². The van der Waals surface area contributed by atoms with E-state index in [2.05, 4.69) is 27.3 Å². The lowest BCUT2D eigenvalue weighted by Gasteiger charge is -2.10. The van der Waals surface area contributed by atoms with E-state index in [1.165, 1.54) is 0 Å². The summed E-state index contributed by atoms with van der Waals surface area (Å²) in [6, 6.07) is 15.3. The molecule has 3 nitrogen and oxygen atoms in total. The number of nitrogen functional groups attached to an aromatic ring is 1. The van der Waals surface area contributed by atoms with Crippen LogP contribution in [0.1, 0.15) is 11.1 Å². The van der Waals surface area contributed by atoms with Crippen molar-refractivity contribution >= 4 is 27.3 Å². The molecule has 3 N–H and O–H groups in total. The average Bonchev–Trinajstić information content (AvgIpc) is 2.40. The van der Waals surface area contributed by atoms with Gasteiger partial charge in [-0.15, -0.1) is 0 Å². The molecule has 0 atom stereocenters. The van der Waals surface area contributed by atoms with Crippen molar-refractivity contribution < 1.29 is 0 Å². The van der Waals surface area contributed by atoms with Crippen LogP contribution >= 0.6 is 15.9 Å². The average molecular weight is 302 g/mol. The van der Waals surface area contributed by atoms with Gasteiger partial charge in [0.2, 0.25) is 0 Å². The lowest BCUT2D eigenvalue weighted by molar-refractivity contribution is 1.15. The van der Waals surface area contributed by atoms with E-state index < -0.39 is 0 Å². The molecule has 0 aromatic heterocycles. The van der Waals surface area contributed by atoms with Gasteiger partial charge in [-0.2, -0.15) is 5.26 Å². The molecule has 0 aliphatic heterocycles. The Morgan fingerprint density at radius 2 is 2.06 bits per heavy atom. The molecule has 0 amide bonds. The number of nitrogens with two attached hydrogens (primary N) is 1. The molecule has 0 spiro atoms. The summed E-state index contributed by atoms with van der Waals surface area (Å²) in [6.07, 6.45) is 0. The van der Waals surface area contributed by atoms with Crippen LogP contribution in [0.5, 0.6) is 0 Å². The number of anilines is 2. The van der Waals surface area contributed by atoms with Crippen molar-refractivity contribution in [2.24, 2.45) is 0 Å². The largest absolute Gasteiger partial charge is 0.397 e. The van der Waals surface area contributed by atoms with Gasteiger partial charge in [0, 0.05) is 11.0 Å². The summed E-state index contributed by atoms with van der Waals surface area (Å²) in [7, 11) is 0. The molecule has 18 heavy (non-hydrogen) atoms. The number of nitrogens with one attached hydrogen (secondary N) is 1. The third kappa shape index (κ3) is 3.02. The second-order valence-electron chi connectivity index (χ2n) is 3.90. The molecule has 0 bridgehead atoms. The predicted octanol–water partition coefficient (Wildman–Crippen LogP) is 3.52. The molecular formula is C14H12BrN3. The Morgan fingerprint density at radius 3 is 2.83 bits per heavy atom. The molecule has 0 aliphatic rings. The molecule has 0 fully saturated rings. The highest BCUT2D eigenvalue weighted by Gasteiger charge is 2.00. The fraction of sp³-hybridized carbons (Fsp3) is 0.0714. The number of rotatable bonds is 3. The van der Waals surface area contributed by atoms with Crippen LogP contribution in [0.25, 0.3) is 0 Å². The lowest BCUT2D eigenvalue weighted by Crippen LogP contribution is -2.02. The Kier molecular flexibility index (Phi) is 3.85. The topological polar surface area (TPSA) is 61.8 Å². The third-order valence-corrected chi connectivity index (χ3v) is 3.05. The highest BCUT2D eigenvalue weighted by atomic mass is 79.9. The van der Waals surface area contributed by atoms with Crippen LogP contribution in [0, 0.1) is 11.3 Å². The van der Waals surface area contributed by atoms with Gasteiger partial charge >= 0.3 is 0 Å². The molecule has 0 aliphatic carbocycles. The molecule has 2 aromatic rings. The summed E-state index contributed by atoms with van der Waals surface area (Å²) in [5, 5.41) is 12.1. The number of nitriles is 1. The SMILES string of the molecule is N#Cc1cccc(CNc2cc(Br)ccc2N)c1. The molecule has 2 rings (SSSR count). The van der Waals surface area contributed by atoms with E-state index in [1.807, 2.05) is 36.4 Å². The second kappa shape index (κ2) is 5.56. The zero-order chi connectivity index (χ0) is 13.0. The summed E-state index contributed by atoms with van der Waals surface area (Å²) in [6.45, 7) is 0.635. The van der Waals surface area contributed by atoms with Crippen LogP contribution in [0.2, 0.25) is 0 Å². The van der Waals surface area contributed by atoms with Crippen LogP contribution in [0.4, 0.5) is 11.4 Å². The highest BCUT2D eigenvalue weighted by molar-refractivity contribution is 9.10. The lowest BCUT2D eigenvalue weighted by atomic mass is 10.1. The minimum atomic E-state index is 0.635. The van der Waals surface area contributed by atoms with E-state index in [-0.39, 0.29) is 0 Å². The summed E-state index contributed by atoms with van der Waals surface area (Å²) in [4.78, 5) is 0. The summed E-state index contributed by atoms with van der Waals surface area (Å²) in [5.41, 5.74) is 9.17. The molecule has 0 unspecified atom stereocenters. The van der Waals surface area contributed by atoms with Crippen LogP contribution in [0.15, 0.2) is 46.9 Å². The number of nitrogens with zero attached hydrogens (tertiary/aromatic N) is 1. The Balaban J connectivity index is 2.11. The zero-order valence-electron chi connectivity index (χ0n) is 9.65. The fourth-order valence-electron chi connectivity index (χ4n) is 1.63. The molecule has 0 saturated heterocycles. The van der Waals surface area contributed by atoms with Crippen LogP contribution in [-0.4, -0.2) is 0 Å². The third-order valence-electron chi connectivity index (χ3n) is 2.55. The first-order valence-corrected chi connectivity index (χ1v) is 6.26. The van der Waals surface area contributed by atoms with E-state index in [9.17, 15) is 0 Å². The summed E-state index contributed by atoms with van der Waals surface area (Å²) >= 11 is 3.41. The van der Waals surface area contributed by atoms with Crippen molar-refractivity contribution in [1.29, 1.82) is 5.26 Å². The number of benzene rings is 2.